The zero-order valence-corrected chi connectivity index (χ0v) is 13.8. The highest BCUT2D eigenvalue weighted by molar-refractivity contribution is 7.26. The normalized spacial score (nSPS) is 11.5. The molecule has 5 aromatic rings. The van der Waals surface area contributed by atoms with E-state index in [0.717, 1.165) is 11.3 Å². The van der Waals surface area contributed by atoms with Crippen LogP contribution in [-0.2, 0) is 0 Å². The van der Waals surface area contributed by atoms with Crippen LogP contribution in [-0.4, -0.2) is 0 Å². The third-order valence-electron chi connectivity index (χ3n) is 4.63. The quantitative estimate of drug-likeness (QED) is 0.352. The Bertz CT molecular complexity index is 1220. The number of anilines is 1. The highest BCUT2D eigenvalue weighted by Gasteiger charge is 2.14. The van der Waals surface area contributed by atoms with Gasteiger partial charge in [0.15, 0.2) is 0 Å². The smallest absolute Gasteiger partial charge is 0.0434 e. The lowest BCUT2D eigenvalue weighted by atomic mass is 9.95. The molecule has 2 N–H and O–H groups in total. The van der Waals surface area contributed by atoms with E-state index in [-0.39, 0.29) is 0 Å². The summed E-state index contributed by atoms with van der Waals surface area (Å²) in [5.41, 5.74) is 9.61. The number of nitrogens with two attached hydrogens (primary N) is 1. The van der Waals surface area contributed by atoms with Crippen molar-refractivity contribution in [3.63, 3.8) is 0 Å². The first-order chi connectivity index (χ1) is 11.8. The molecule has 0 fully saturated rings. The molecule has 114 valence electrons. The van der Waals surface area contributed by atoms with Crippen LogP contribution < -0.4 is 5.73 Å². The average Bonchev–Trinajstić information content (AvgIpc) is 3.01. The topological polar surface area (TPSA) is 26.0 Å². The van der Waals surface area contributed by atoms with Gasteiger partial charge in [0, 0.05) is 37.0 Å². The lowest BCUT2D eigenvalue weighted by Gasteiger charge is -2.11. The molecule has 5 rings (SSSR count). The molecule has 0 aliphatic rings. The van der Waals surface area contributed by atoms with Crippen molar-refractivity contribution in [2.45, 2.75) is 0 Å². The summed E-state index contributed by atoms with van der Waals surface area (Å²) in [6, 6.07) is 27.7. The van der Waals surface area contributed by atoms with Crippen LogP contribution in [0, 0.1) is 0 Å². The van der Waals surface area contributed by atoms with Gasteiger partial charge >= 0.3 is 0 Å². The van der Waals surface area contributed by atoms with E-state index in [0.29, 0.717) is 0 Å². The van der Waals surface area contributed by atoms with Gasteiger partial charge in [-0.1, -0.05) is 66.7 Å². The minimum Gasteiger partial charge on any atom is -0.398 e. The number of fused-ring (bicyclic) bond motifs is 4. The lowest BCUT2D eigenvalue weighted by Crippen LogP contribution is -1.91. The highest BCUT2D eigenvalue weighted by atomic mass is 32.1. The van der Waals surface area contributed by atoms with Gasteiger partial charge in [-0.25, -0.2) is 0 Å². The molecule has 0 aliphatic carbocycles. The van der Waals surface area contributed by atoms with Gasteiger partial charge in [-0.3, -0.25) is 0 Å². The molecule has 2 heteroatoms. The van der Waals surface area contributed by atoms with Crippen LogP contribution in [0.3, 0.4) is 0 Å². The Morgan fingerprint density at radius 3 is 2.29 bits per heavy atom. The first kappa shape index (κ1) is 13.6. The van der Waals surface area contributed by atoms with Crippen molar-refractivity contribution < 1.29 is 0 Å². The van der Waals surface area contributed by atoms with Gasteiger partial charge in [0.25, 0.3) is 0 Å². The van der Waals surface area contributed by atoms with Gasteiger partial charge < -0.3 is 5.73 Å². The largest absolute Gasteiger partial charge is 0.398 e. The molecular weight excluding hydrogens is 310 g/mol. The summed E-state index contributed by atoms with van der Waals surface area (Å²) < 4.78 is 2.63. The number of hydrogen-bond acceptors (Lipinski definition) is 2. The third-order valence-corrected chi connectivity index (χ3v) is 5.85. The molecule has 0 amide bonds. The number of thiophene rings is 1. The fourth-order valence-electron chi connectivity index (χ4n) is 3.53. The molecule has 1 heterocycles. The number of benzene rings is 4. The van der Waals surface area contributed by atoms with E-state index in [9.17, 15) is 0 Å². The molecule has 0 bridgehead atoms. The molecule has 0 aliphatic heterocycles. The molecule has 4 aromatic carbocycles. The molecule has 24 heavy (non-hydrogen) atoms. The van der Waals surface area contributed by atoms with E-state index in [1.165, 1.54) is 36.5 Å². The number of nitrogen functional groups attached to an aromatic ring is 1. The van der Waals surface area contributed by atoms with Crippen LogP contribution in [0.15, 0.2) is 78.9 Å². The van der Waals surface area contributed by atoms with Crippen molar-refractivity contribution in [3.8, 4) is 11.1 Å². The van der Waals surface area contributed by atoms with Gasteiger partial charge in [-0.15, -0.1) is 11.3 Å². The SMILES string of the molecule is Nc1ccc2ccccc2c1-c1cccc2c1sc1ccccc12. The van der Waals surface area contributed by atoms with E-state index in [1.54, 1.807) is 0 Å². The molecule has 0 radical (unpaired) electrons. The summed E-state index contributed by atoms with van der Waals surface area (Å²) in [4.78, 5) is 0. The van der Waals surface area contributed by atoms with E-state index >= 15 is 0 Å². The molecule has 1 nitrogen and oxygen atoms in total. The first-order valence-electron chi connectivity index (χ1n) is 8.01. The van der Waals surface area contributed by atoms with Crippen LogP contribution in [0.25, 0.3) is 42.1 Å². The van der Waals surface area contributed by atoms with Crippen molar-refractivity contribution in [1.82, 2.24) is 0 Å². The summed E-state index contributed by atoms with van der Waals surface area (Å²) in [6.45, 7) is 0. The van der Waals surface area contributed by atoms with Crippen LogP contribution in [0.2, 0.25) is 0 Å². The molecule has 0 spiro atoms. The standard InChI is InChI=1S/C22H15NS/c23-19-13-12-14-6-1-2-7-15(14)21(19)18-10-5-9-17-16-8-3-4-11-20(16)24-22(17)18/h1-13H,23H2. The van der Waals surface area contributed by atoms with Crippen molar-refractivity contribution >= 4 is 48.0 Å². The molecule has 0 saturated carbocycles. The predicted molar refractivity (Wildman–Crippen MR) is 107 cm³/mol. The number of hydrogen-bond donors (Lipinski definition) is 1. The zero-order chi connectivity index (χ0) is 16.1. The Hall–Kier alpha value is -2.84. The Labute approximate surface area is 144 Å². The average molecular weight is 325 g/mol. The monoisotopic (exact) mass is 325 g/mol. The lowest BCUT2D eigenvalue weighted by molar-refractivity contribution is 1.69. The Morgan fingerprint density at radius 1 is 0.625 bits per heavy atom. The van der Waals surface area contributed by atoms with Crippen LogP contribution in [0.4, 0.5) is 5.69 Å². The number of rotatable bonds is 1. The molecular formula is C22H15NS. The van der Waals surface area contributed by atoms with Gasteiger partial charge in [-0.2, -0.15) is 0 Å². The minimum absolute atomic E-state index is 0.832. The van der Waals surface area contributed by atoms with Crippen LogP contribution >= 0.6 is 11.3 Å². The molecule has 0 unspecified atom stereocenters. The maximum absolute atomic E-state index is 6.41. The Balaban J connectivity index is 1.96. The van der Waals surface area contributed by atoms with Crippen LogP contribution in [0.1, 0.15) is 0 Å². The Kier molecular flexibility index (Phi) is 2.88. The summed E-state index contributed by atoms with van der Waals surface area (Å²) in [6.07, 6.45) is 0. The van der Waals surface area contributed by atoms with E-state index in [1.807, 2.05) is 17.4 Å². The van der Waals surface area contributed by atoms with Gasteiger partial charge in [-0.05, 0) is 22.9 Å². The van der Waals surface area contributed by atoms with Gasteiger partial charge in [0.2, 0.25) is 0 Å². The van der Waals surface area contributed by atoms with Crippen molar-refractivity contribution in [2.75, 3.05) is 5.73 Å². The fraction of sp³-hybridized carbons (Fsp3) is 0. The molecule has 0 saturated heterocycles. The van der Waals surface area contributed by atoms with Gasteiger partial charge in [0.05, 0.1) is 0 Å². The maximum atomic E-state index is 6.41. The summed E-state index contributed by atoms with van der Waals surface area (Å²) in [5, 5.41) is 5.06. The second-order valence-corrected chi connectivity index (χ2v) is 7.08. The van der Waals surface area contributed by atoms with E-state index < -0.39 is 0 Å². The summed E-state index contributed by atoms with van der Waals surface area (Å²) in [7, 11) is 0. The van der Waals surface area contributed by atoms with E-state index in [4.69, 9.17) is 5.73 Å². The minimum atomic E-state index is 0.832. The fourth-order valence-corrected chi connectivity index (χ4v) is 4.76. The highest BCUT2D eigenvalue weighted by Crippen LogP contribution is 2.43. The van der Waals surface area contributed by atoms with Gasteiger partial charge in [0.1, 0.15) is 0 Å². The zero-order valence-electron chi connectivity index (χ0n) is 13.0. The Morgan fingerprint density at radius 2 is 1.38 bits per heavy atom. The summed E-state index contributed by atoms with van der Waals surface area (Å²) >= 11 is 1.84. The molecule has 0 atom stereocenters. The van der Waals surface area contributed by atoms with Crippen molar-refractivity contribution in [1.29, 1.82) is 0 Å². The molecule has 1 aromatic heterocycles. The van der Waals surface area contributed by atoms with Crippen molar-refractivity contribution in [3.05, 3.63) is 78.9 Å². The first-order valence-corrected chi connectivity index (χ1v) is 8.82. The second-order valence-electron chi connectivity index (χ2n) is 6.03. The summed E-state index contributed by atoms with van der Waals surface area (Å²) in [5.74, 6) is 0. The van der Waals surface area contributed by atoms with Crippen molar-refractivity contribution in [2.24, 2.45) is 0 Å². The predicted octanol–water partition coefficient (Wildman–Crippen LogP) is 6.46. The van der Waals surface area contributed by atoms with E-state index in [2.05, 4.69) is 72.8 Å². The third kappa shape index (κ3) is 1.87. The second kappa shape index (κ2) is 5.08. The maximum Gasteiger partial charge on any atom is 0.0434 e. The van der Waals surface area contributed by atoms with Crippen LogP contribution in [0.5, 0.6) is 0 Å².